The number of alkyl halides is 3. The summed E-state index contributed by atoms with van der Waals surface area (Å²) in [5, 5.41) is 4.63. The molecule has 0 heterocycles. The first-order chi connectivity index (χ1) is 13.7. The minimum absolute atomic E-state index is 0.207. The van der Waals surface area contributed by atoms with Gasteiger partial charge in [0.2, 0.25) is 11.8 Å². The van der Waals surface area contributed by atoms with E-state index in [9.17, 15) is 22.8 Å². The summed E-state index contributed by atoms with van der Waals surface area (Å²) in [5.74, 6) is -0.835. The molecule has 0 aliphatic rings. The van der Waals surface area contributed by atoms with Gasteiger partial charge in [0, 0.05) is 18.1 Å². The number of hydrogen-bond acceptors (Lipinski definition) is 2. The summed E-state index contributed by atoms with van der Waals surface area (Å²) in [4.78, 5) is 25.9. The van der Waals surface area contributed by atoms with E-state index in [1.807, 2.05) is 36.4 Å². The molecule has 0 saturated carbocycles. The van der Waals surface area contributed by atoms with Crippen molar-refractivity contribution in [2.24, 2.45) is 0 Å². The zero-order valence-corrected chi connectivity index (χ0v) is 15.7. The minimum atomic E-state index is -4.47. The van der Waals surface area contributed by atoms with Crippen LogP contribution in [0.3, 0.4) is 0 Å². The first-order valence-corrected chi connectivity index (χ1v) is 8.92. The fraction of sp³-hybridized carbons (Fsp3) is 0.182. The van der Waals surface area contributed by atoms with Gasteiger partial charge in [-0.05, 0) is 23.1 Å². The summed E-state index contributed by atoms with van der Waals surface area (Å²) in [7, 11) is 1.44. The van der Waals surface area contributed by atoms with Crippen molar-refractivity contribution in [3.8, 4) is 0 Å². The van der Waals surface area contributed by atoms with Crippen molar-refractivity contribution < 1.29 is 22.8 Å². The highest BCUT2D eigenvalue weighted by Crippen LogP contribution is 2.29. The Bertz CT molecular complexity index is 1040. The van der Waals surface area contributed by atoms with Gasteiger partial charge in [-0.1, -0.05) is 54.6 Å². The van der Waals surface area contributed by atoms with Crippen molar-refractivity contribution in [3.63, 3.8) is 0 Å². The second kappa shape index (κ2) is 8.34. The van der Waals surface area contributed by atoms with Crippen LogP contribution in [-0.2, 0) is 22.2 Å². The van der Waals surface area contributed by atoms with Gasteiger partial charge in [0.1, 0.15) is 0 Å². The number of nitrogens with one attached hydrogen (secondary N) is 1. The van der Waals surface area contributed by atoms with Crippen LogP contribution in [0.2, 0.25) is 0 Å². The van der Waals surface area contributed by atoms with Gasteiger partial charge in [-0.15, -0.1) is 0 Å². The first-order valence-electron chi connectivity index (χ1n) is 8.92. The predicted octanol–water partition coefficient (Wildman–Crippen LogP) is 4.50. The fourth-order valence-electron chi connectivity index (χ4n) is 2.99. The number of carbonyl (C=O) groups is 2. The molecule has 0 aromatic heterocycles. The molecule has 3 aromatic carbocycles. The second-order valence-electron chi connectivity index (χ2n) is 6.70. The number of likely N-dealkylation sites (N-methyl/N-ethyl adjacent to an activating group) is 1. The third-order valence-electron chi connectivity index (χ3n) is 4.48. The Morgan fingerprint density at radius 1 is 0.966 bits per heavy atom. The Labute approximate surface area is 165 Å². The maximum absolute atomic E-state index is 12.8. The molecule has 4 nitrogen and oxygen atoms in total. The van der Waals surface area contributed by atoms with Crippen LogP contribution >= 0.6 is 0 Å². The maximum atomic E-state index is 12.8. The highest BCUT2D eigenvalue weighted by Gasteiger charge is 2.30. The zero-order valence-electron chi connectivity index (χ0n) is 15.7. The topological polar surface area (TPSA) is 49.4 Å². The van der Waals surface area contributed by atoms with E-state index in [1.54, 1.807) is 6.07 Å². The highest BCUT2D eigenvalue weighted by molar-refractivity contribution is 6.03. The molecule has 1 N–H and O–H groups in total. The van der Waals surface area contributed by atoms with Crippen LogP contribution in [-0.4, -0.2) is 30.3 Å². The van der Waals surface area contributed by atoms with Crippen molar-refractivity contribution in [1.82, 2.24) is 4.90 Å². The predicted molar refractivity (Wildman–Crippen MR) is 105 cm³/mol. The molecule has 0 atom stereocenters. The molecule has 0 spiro atoms. The van der Waals surface area contributed by atoms with Crippen LogP contribution in [0.1, 0.15) is 11.1 Å². The van der Waals surface area contributed by atoms with Crippen molar-refractivity contribution in [2.45, 2.75) is 12.6 Å². The van der Waals surface area contributed by atoms with Crippen molar-refractivity contribution in [1.29, 1.82) is 0 Å². The number of carbonyl (C=O) groups excluding carboxylic acids is 2. The summed E-state index contributed by atoms with van der Waals surface area (Å²) >= 11 is 0. The first kappa shape index (κ1) is 20.4. The number of nitrogens with zero attached hydrogens (tertiary/aromatic N) is 1. The van der Waals surface area contributed by atoms with Gasteiger partial charge in [-0.3, -0.25) is 9.59 Å². The summed E-state index contributed by atoms with van der Waals surface area (Å²) in [6.45, 7) is -0.207. The Balaban J connectivity index is 1.63. The Kier molecular flexibility index (Phi) is 5.87. The zero-order chi connectivity index (χ0) is 21.0. The lowest BCUT2D eigenvalue weighted by Crippen LogP contribution is -2.35. The largest absolute Gasteiger partial charge is 0.416 e. The summed E-state index contributed by atoms with van der Waals surface area (Å²) in [6.07, 6.45) is -4.69. The van der Waals surface area contributed by atoms with Crippen LogP contribution in [0.25, 0.3) is 10.8 Å². The summed E-state index contributed by atoms with van der Waals surface area (Å²) < 4.78 is 38.4. The molecule has 0 bridgehead atoms. The molecular formula is C22H19F3N2O2. The van der Waals surface area contributed by atoms with Gasteiger partial charge in [-0.25, -0.2) is 0 Å². The molecule has 0 saturated heterocycles. The van der Waals surface area contributed by atoms with E-state index < -0.39 is 17.6 Å². The van der Waals surface area contributed by atoms with Crippen LogP contribution < -0.4 is 5.32 Å². The number of halogens is 3. The number of fused-ring (bicyclic) bond motifs is 1. The number of amides is 2. The molecule has 29 heavy (non-hydrogen) atoms. The van der Waals surface area contributed by atoms with Crippen molar-refractivity contribution >= 4 is 28.3 Å². The molecule has 0 unspecified atom stereocenters. The van der Waals surface area contributed by atoms with Gasteiger partial charge < -0.3 is 10.2 Å². The van der Waals surface area contributed by atoms with E-state index in [-0.39, 0.29) is 24.4 Å². The highest BCUT2D eigenvalue weighted by atomic mass is 19.4. The molecule has 3 rings (SSSR count). The minimum Gasteiger partial charge on any atom is -0.336 e. The Morgan fingerprint density at radius 3 is 2.41 bits per heavy atom. The van der Waals surface area contributed by atoms with E-state index in [2.05, 4.69) is 5.32 Å². The van der Waals surface area contributed by atoms with Gasteiger partial charge in [-0.2, -0.15) is 13.2 Å². The third kappa shape index (κ3) is 5.13. The second-order valence-corrected chi connectivity index (χ2v) is 6.70. The monoisotopic (exact) mass is 400 g/mol. The summed E-state index contributed by atoms with van der Waals surface area (Å²) in [5.41, 5.74) is 0.0668. The maximum Gasteiger partial charge on any atom is 0.416 e. The van der Waals surface area contributed by atoms with Crippen LogP contribution in [0.15, 0.2) is 66.7 Å². The van der Waals surface area contributed by atoms with Gasteiger partial charge in [0.05, 0.1) is 18.5 Å². The average Bonchev–Trinajstić information content (AvgIpc) is 2.67. The summed E-state index contributed by atoms with van der Waals surface area (Å²) in [6, 6.07) is 17.7. The quantitative estimate of drug-likeness (QED) is 0.686. The normalized spacial score (nSPS) is 11.3. The SMILES string of the molecule is CN(CC(=O)Nc1cccc2ccccc12)C(=O)Cc1cccc(C(F)(F)F)c1. The lowest BCUT2D eigenvalue weighted by atomic mass is 10.1. The standard InChI is InChI=1S/C22H19F3N2O2/c1-27(21(29)13-15-6-4-9-17(12-15)22(23,24)25)14-20(28)26-19-11-5-8-16-7-2-3-10-18(16)19/h2-12H,13-14H2,1H3,(H,26,28). The van der Waals surface area contributed by atoms with Crippen LogP contribution in [0.4, 0.5) is 18.9 Å². The number of rotatable bonds is 5. The molecule has 0 radical (unpaired) electrons. The lowest BCUT2D eigenvalue weighted by Gasteiger charge is -2.18. The number of benzene rings is 3. The van der Waals surface area contributed by atoms with Crippen LogP contribution in [0.5, 0.6) is 0 Å². The fourth-order valence-corrected chi connectivity index (χ4v) is 2.99. The molecule has 2 amide bonds. The molecule has 0 aliphatic heterocycles. The van der Waals surface area contributed by atoms with Gasteiger partial charge in [0.15, 0.2) is 0 Å². The van der Waals surface area contributed by atoms with Crippen molar-refractivity contribution in [3.05, 3.63) is 77.9 Å². The molecule has 3 aromatic rings. The van der Waals surface area contributed by atoms with E-state index in [1.165, 1.54) is 24.1 Å². The smallest absolute Gasteiger partial charge is 0.336 e. The van der Waals surface area contributed by atoms with Crippen molar-refractivity contribution in [2.75, 3.05) is 18.9 Å². The molecule has 7 heteroatoms. The number of anilines is 1. The van der Waals surface area contributed by atoms with E-state index in [0.29, 0.717) is 5.69 Å². The molecule has 150 valence electrons. The molecular weight excluding hydrogens is 381 g/mol. The van der Waals surface area contributed by atoms with Gasteiger partial charge in [0.25, 0.3) is 0 Å². The molecule has 0 fully saturated rings. The number of hydrogen-bond donors (Lipinski definition) is 1. The Morgan fingerprint density at radius 2 is 1.66 bits per heavy atom. The van der Waals surface area contributed by atoms with E-state index in [4.69, 9.17) is 0 Å². The Hall–Kier alpha value is -3.35. The third-order valence-corrected chi connectivity index (χ3v) is 4.48. The van der Waals surface area contributed by atoms with Crippen LogP contribution in [0, 0.1) is 0 Å². The van der Waals surface area contributed by atoms with E-state index in [0.717, 1.165) is 22.9 Å². The molecule has 0 aliphatic carbocycles. The van der Waals surface area contributed by atoms with E-state index >= 15 is 0 Å². The average molecular weight is 400 g/mol. The lowest BCUT2D eigenvalue weighted by molar-refractivity contribution is -0.137. The van der Waals surface area contributed by atoms with Gasteiger partial charge >= 0.3 is 6.18 Å².